The van der Waals surface area contributed by atoms with Gasteiger partial charge in [-0.05, 0) is 19.8 Å². The summed E-state index contributed by atoms with van der Waals surface area (Å²) in [7, 11) is 0. The van der Waals surface area contributed by atoms with Gasteiger partial charge in [-0.2, -0.15) is 15.9 Å². The first kappa shape index (κ1) is 13.2. The van der Waals surface area contributed by atoms with E-state index in [9.17, 15) is 4.79 Å². The highest BCUT2D eigenvalue weighted by Crippen LogP contribution is 2.05. The summed E-state index contributed by atoms with van der Waals surface area (Å²) in [5.41, 5.74) is 0. The Kier molecular flexibility index (Phi) is 7.14. The van der Waals surface area contributed by atoms with Crippen LogP contribution in [0, 0.1) is 0 Å². The van der Waals surface area contributed by atoms with E-state index in [1.54, 1.807) is 0 Å². The van der Waals surface area contributed by atoms with Crippen LogP contribution in [0.2, 0.25) is 0 Å². The van der Waals surface area contributed by atoms with E-state index in [-0.39, 0.29) is 6.04 Å². The first-order valence-corrected chi connectivity index (χ1v) is 5.00. The van der Waals surface area contributed by atoms with Crippen molar-refractivity contribution in [3.8, 4) is 0 Å². The number of nitrogens with zero attached hydrogens (tertiary/aromatic N) is 1. The minimum atomic E-state index is -0.518. The van der Waals surface area contributed by atoms with Gasteiger partial charge >= 0.3 is 6.09 Å². The first-order chi connectivity index (χ1) is 6.67. The molecule has 0 spiro atoms. The molecule has 5 heteroatoms. The van der Waals surface area contributed by atoms with Crippen molar-refractivity contribution in [1.82, 2.24) is 5.06 Å². The quantitative estimate of drug-likeness (QED) is 0.529. The maximum Gasteiger partial charge on any atom is 0.435 e. The SMILES string of the molecule is CCCCOC(=O)N(ON)C(C)CC. The summed E-state index contributed by atoms with van der Waals surface area (Å²) in [6.07, 6.45) is 2.08. The Labute approximate surface area is 85.1 Å². The molecular weight excluding hydrogens is 184 g/mol. The van der Waals surface area contributed by atoms with Crippen LogP contribution in [-0.4, -0.2) is 23.8 Å². The third-order valence-electron chi connectivity index (χ3n) is 2.01. The minimum Gasteiger partial charge on any atom is -0.448 e. The molecule has 0 aromatic rings. The predicted molar refractivity (Wildman–Crippen MR) is 53.1 cm³/mol. The second-order valence-corrected chi connectivity index (χ2v) is 3.16. The Morgan fingerprint density at radius 2 is 2.14 bits per heavy atom. The summed E-state index contributed by atoms with van der Waals surface area (Å²) < 4.78 is 4.94. The van der Waals surface area contributed by atoms with E-state index in [0.717, 1.165) is 24.3 Å². The Hall–Kier alpha value is -0.810. The van der Waals surface area contributed by atoms with Gasteiger partial charge in [-0.1, -0.05) is 20.3 Å². The third-order valence-corrected chi connectivity index (χ3v) is 2.01. The molecule has 1 unspecified atom stereocenters. The average Bonchev–Trinajstić information content (AvgIpc) is 2.19. The van der Waals surface area contributed by atoms with E-state index in [4.69, 9.17) is 10.6 Å². The van der Waals surface area contributed by atoms with Gasteiger partial charge < -0.3 is 4.74 Å². The third kappa shape index (κ3) is 4.43. The number of amides is 1. The lowest BCUT2D eigenvalue weighted by Crippen LogP contribution is -2.40. The number of hydrogen-bond donors (Lipinski definition) is 1. The summed E-state index contributed by atoms with van der Waals surface area (Å²) in [5.74, 6) is 4.98. The van der Waals surface area contributed by atoms with Gasteiger partial charge in [0.1, 0.15) is 0 Å². The fourth-order valence-electron chi connectivity index (χ4n) is 0.860. The van der Waals surface area contributed by atoms with Crippen molar-refractivity contribution in [2.45, 2.75) is 46.1 Å². The molecule has 0 saturated heterocycles. The molecule has 1 atom stereocenters. The molecular formula is C9H20N2O3. The highest BCUT2D eigenvalue weighted by atomic mass is 16.8. The molecule has 1 amide bonds. The summed E-state index contributed by atoms with van der Waals surface area (Å²) in [4.78, 5) is 15.8. The minimum absolute atomic E-state index is 0.0749. The normalized spacial score (nSPS) is 12.3. The van der Waals surface area contributed by atoms with E-state index in [2.05, 4.69) is 4.94 Å². The number of rotatable bonds is 6. The van der Waals surface area contributed by atoms with E-state index in [1.165, 1.54) is 0 Å². The van der Waals surface area contributed by atoms with Crippen LogP contribution in [0.5, 0.6) is 0 Å². The summed E-state index contributed by atoms with van der Waals surface area (Å²) in [5, 5.41) is 1.05. The molecule has 0 aliphatic carbocycles. The van der Waals surface area contributed by atoms with E-state index in [0.29, 0.717) is 6.61 Å². The highest BCUT2D eigenvalue weighted by molar-refractivity contribution is 5.66. The van der Waals surface area contributed by atoms with Gasteiger partial charge in [0, 0.05) is 0 Å². The molecule has 0 aliphatic heterocycles. The number of nitrogens with two attached hydrogens (primary N) is 1. The van der Waals surface area contributed by atoms with E-state index < -0.39 is 6.09 Å². The van der Waals surface area contributed by atoms with Crippen molar-refractivity contribution in [2.24, 2.45) is 5.90 Å². The maximum atomic E-state index is 11.3. The maximum absolute atomic E-state index is 11.3. The number of hydrogen-bond acceptors (Lipinski definition) is 4. The van der Waals surface area contributed by atoms with Crippen LogP contribution in [0.4, 0.5) is 4.79 Å². The summed E-state index contributed by atoms with van der Waals surface area (Å²) >= 11 is 0. The Morgan fingerprint density at radius 1 is 1.50 bits per heavy atom. The number of carbonyl (C=O) groups is 1. The van der Waals surface area contributed by atoms with Crippen molar-refractivity contribution in [2.75, 3.05) is 6.61 Å². The van der Waals surface area contributed by atoms with Gasteiger partial charge in [-0.25, -0.2) is 4.79 Å². The monoisotopic (exact) mass is 204 g/mol. The highest BCUT2D eigenvalue weighted by Gasteiger charge is 2.20. The van der Waals surface area contributed by atoms with Crippen LogP contribution in [0.15, 0.2) is 0 Å². The summed E-state index contributed by atoms with van der Waals surface area (Å²) in [6, 6.07) is -0.0749. The fourth-order valence-corrected chi connectivity index (χ4v) is 0.860. The van der Waals surface area contributed by atoms with Crippen LogP contribution < -0.4 is 5.90 Å². The Morgan fingerprint density at radius 3 is 2.57 bits per heavy atom. The van der Waals surface area contributed by atoms with Gasteiger partial charge in [-0.3, -0.25) is 0 Å². The second-order valence-electron chi connectivity index (χ2n) is 3.16. The molecule has 5 nitrogen and oxygen atoms in total. The molecule has 0 rings (SSSR count). The molecule has 2 N–H and O–H groups in total. The van der Waals surface area contributed by atoms with Crippen molar-refractivity contribution in [3.63, 3.8) is 0 Å². The molecule has 0 fully saturated rings. The molecule has 0 heterocycles. The Bertz CT molecular complexity index is 164. The lowest BCUT2D eigenvalue weighted by Gasteiger charge is -2.23. The molecule has 0 aromatic heterocycles. The van der Waals surface area contributed by atoms with Gasteiger partial charge in [0.25, 0.3) is 0 Å². The average molecular weight is 204 g/mol. The lowest BCUT2D eigenvalue weighted by atomic mass is 10.3. The zero-order valence-corrected chi connectivity index (χ0v) is 9.16. The summed E-state index contributed by atoms with van der Waals surface area (Å²) in [6.45, 7) is 6.22. The van der Waals surface area contributed by atoms with Crippen LogP contribution in [0.25, 0.3) is 0 Å². The van der Waals surface area contributed by atoms with Crippen molar-refractivity contribution in [1.29, 1.82) is 0 Å². The smallest absolute Gasteiger partial charge is 0.435 e. The van der Waals surface area contributed by atoms with E-state index in [1.807, 2.05) is 20.8 Å². The number of carbonyl (C=O) groups excluding carboxylic acids is 1. The van der Waals surface area contributed by atoms with Gasteiger partial charge in [-0.15, -0.1) is 0 Å². The lowest BCUT2D eigenvalue weighted by molar-refractivity contribution is -0.162. The predicted octanol–water partition coefficient (Wildman–Crippen LogP) is 1.83. The molecule has 0 saturated carbocycles. The van der Waals surface area contributed by atoms with Crippen molar-refractivity contribution >= 4 is 6.09 Å². The van der Waals surface area contributed by atoms with E-state index >= 15 is 0 Å². The first-order valence-electron chi connectivity index (χ1n) is 5.00. The van der Waals surface area contributed by atoms with Crippen molar-refractivity contribution in [3.05, 3.63) is 0 Å². The molecule has 0 aliphatic rings. The van der Waals surface area contributed by atoms with Gasteiger partial charge in [0.15, 0.2) is 0 Å². The largest absolute Gasteiger partial charge is 0.448 e. The molecule has 14 heavy (non-hydrogen) atoms. The van der Waals surface area contributed by atoms with Crippen LogP contribution in [0.3, 0.4) is 0 Å². The molecule has 84 valence electrons. The topological polar surface area (TPSA) is 64.8 Å². The standard InChI is InChI=1S/C9H20N2O3/c1-4-6-7-13-9(12)11(14-10)8(3)5-2/h8H,4-7,10H2,1-3H3. The molecule has 0 bridgehead atoms. The van der Waals surface area contributed by atoms with Crippen LogP contribution in [-0.2, 0) is 9.68 Å². The van der Waals surface area contributed by atoms with Crippen LogP contribution in [0.1, 0.15) is 40.0 Å². The number of hydroxylamine groups is 2. The Balaban J connectivity index is 3.91. The molecule has 0 radical (unpaired) electrons. The second kappa shape index (κ2) is 7.58. The molecule has 0 aromatic carbocycles. The van der Waals surface area contributed by atoms with Gasteiger partial charge in [0.2, 0.25) is 0 Å². The van der Waals surface area contributed by atoms with Gasteiger partial charge in [0.05, 0.1) is 12.6 Å². The number of ether oxygens (including phenoxy) is 1. The zero-order valence-electron chi connectivity index (χ0n) is 9.16. The van der Waals surface area contributed by atoms with Crippen molar-refractivity contribution < 1.29 is 14.5 Å². The number of unbranched alkanes of at least 4 members (excludes halogenated alkanes) is 1. The van der Waals surface area contributed by atoms with Crippen LogP contribution >= 0.6 is 0 Å². The fraction of sp³-hybridized carbons (Fsp3) is 0.889. The zero-order chi connectivity index (χ0) is 11.0.